The molecule has 0 saturated carbocycles. The maximum Gasteiger partial charge on any atom is 0.404 e. The predicted molar refractivity (Wildman–Crippen MR) is 53.2 cm³/mol. The number of amides is 1. The number of aryl methyl sites for hydroxylation is 2. The second-order valence-electron chi connectivity index (χ2n) is 3.15. The highest BCUT2D eigenvalue weighted by atomic mass is 16.5. The smallest absolute Gasteiger partial charge is 0.404 e. The molecule has 1 heterocycles. The van der Waals surface area contributed by atoms with Gasteiger partial charge in [0.1, 0.15) is 12.4 Å². The summed E-state index contributed by atoms with van der Waals surface area (Å²) in [4.78, 5) is 10.2. The van der Waals surface area contributed by atoms with E-state index in [4.69, 9.17) is 10.3 Å². The van der Waals surface area contributed by atoms with E-state index in [0.717, 1.165) is 17.0 Å². The van der Waals surface area contributed by atoms with Crippen LogP contribution >= 0.6 is 0 Å². The molecule has 0 aliphatic rings. The van der Waals surface area contributed by atoms with Crippen molar-refractivity contribution >= 4 is 6.09 Å². The number of rotatable bonds is 5. The summed E-state index contributed by atoms with van der Waals surface area (Å²) in [5, 5.41) is 6.91. The number of nitrogens with one attached hydrogen (secondary N) is 1. The molecule has 0 aromatic carbocycles. The van der Waals surface area contributed by atoms with Crippen LogP contribution in [0.5, 0.6) is 0 Å². The van der Waals surface area contributed by atoms with Crippen molar-refractivity contribution in [2.45, 2.75) is 20.4 Å². The number of hydrogen-bond donors (Lipinski definition) is 2. The van der Waals surface area contributed by atoms with Gasteiger partial charge in [-0.25, -0.2) is 4.79 Å². The minimum absolute atomic E-state index is 0.263. The summed E-state index contributed by atoms with van der Waals surface area (Å²) in [7, 11) is 0. The average molecular weight is 213 g/mol. The molecule has 1 aromatic heterocycles. The first kappa shape index (κ1) is 11.5. The second-order valence-corrected chi connectivity index (χ2v) is 3.15. The van der Waals surface area contributed by atoms with Crippen LogP contribution in [0.3, 0.4) is 0 Å². The van der Waals surface area contributed by atoms with Gasteiger partial charge in [-0.2, -0.15) is 0 Å². The number of ether oxygens (including phenoxy) is 1. The van der Waals surface area contributed by atoms with Crippen molar-refractivity contribution in [3.63, 3.8) is 0 Å². The van der Waals surface area contributed by atoms with Gasteiger partial charge in [0.2, 0.25) is 0 Å². The zero-order chi connectivity index (χ0) is 11.3. The van der Waals surface area contributed by atoms with E-state index in [1.807, 2.05) is 13.8 Å². The number of carbonyl (C=O) groups excluding carboxylic acids is 1. The quantitative estimate of drug-likeness (QED) is 0.694. The highest BCUT2D eigenvalue weighted by molar-refractivity contribution is 5.64. The molecule has 0 aliphatic carbocycles. The van der Waals surface area contributed by atoms with Gasteiger partial charge in [0, 0.05) is 18.7 Å². The van der Waals surface area contributed by atoms with Crippen molar-refractivity contribution in [1.29, 1.82) is 0 Å². The van der Waals surface area contributed by atoms with Gasteiger partial charge in [0.25, 0.3) is 0 Å². The number of nitrogens with zero attached hydrogens (tertiary/aromatic N) is 1. The highest BCUT2D eigenvalue weighted by Gasteiger charge is 2.07. The molecule has 6 nitrogen and oxygen atoms in total. The maximum atomic E-state index is 10.2. The molecule has 1 rings (SSSR count). The van der Waals surface area contributed by atoms with Gasteiger partial charge in [-0.3, -0.25) is 0 Å². The van der Waals surface area contributed by atoms with Crippen molar-refractivity contribution in [3.05, 3.63) is 17.0 Å². The fraction of sp³-hybridized carbons (Fsp3) is 0.556. The Morgan fingerprint density at radius 1 is 1.60 bits per heavy atom. The standard InChI is InChI=1S/C9H15N3O3/c1-6-8(7(2)15-12-6)5-11-3-4-14-9(10)13/h11H,3-5H2,1-2H3,(H2,10,13). The van der Waals surface area contributed by atoms with E-state index < -0.39 is 6.09 Å². The summed E-state index contributed by atoms with van der Waals surface area (Å²) in [5.41, 5.74) is 6.71. The Hall–Kier alpha value is -1.56. The van der Waals surface area contributed by atoms with Crippen LogP contribution in [0.2, 0.25) is 0 Å². The number of hydrogen-bond acceptors (Lipinski definition) is 5. The Labute approximate surface area is 87.8 Å². The first-order valence-corrected chi connectivity index (χ1v) is 4.66. The summed E-state index contributed by atoms with van der Waals surface area (Å²) in [6, 6.07) is 0. The first-order chi connectivity index (χ1) is 7.11. The van der Waals surface area contributed by atoms with Gasteiger partial charge >= 0.3 is 6.09 Å². The van der Waals surface area contributed by atoms with E-state index in [1.165, 1.54) is 0 Å². The fourth-order valence-electron chi connectivity index (χ4n) is 1.19. The van der Waals surface area contributed by atoms with Gasteiger partial charge < -0.3 is 20.3 Å². The third-order valence-corrected chi connectivity index (χ3v) is 2.01. The number of carbonyl (C=O) groups is 1. The van der Waals surface area contributed by atoms with Crippen LogP contribution in [0.4, 0.5) is 4.79 Å². The van der Waals surface area contributed by atoms with Crippen LogP contribution in [0, 0.1) is 13.8 Å². The van der Waals surface area contributed by atoms with Crippen LogP contribution in [-0.4, -0.2) is 24.4 Å². The van der Waals surface area contributed by atoms with E-state index >= 15 is 0 Å². The zero-order valence-electron chi connectivity index (χ0n) is 8.87. The Morgan fingerprint density at radius 3 is 2.87 bits per heavy atom. The third kappa shape index (κ3) is 3.59. The van der Waals surface area contributed by atoms with Crippen LogP contribution in [0.25, 0.3) is 0 Å². The van der Waals surface area contributed by atoms with Crippen molar-refractivity contribution in [2.75, 3.05) is 13.2 Å². The van der Waals surface area contributed by atoms with E-state index in [-0.39, 0.29) is 6.61 Å². The Balaban J connectivity index is 2.23. The molecule has 15 heavy (non-hydrogen) atoms. The van der Waals surface area contributed by atoms with Crippen LogP contribution in [0.15, 0.2) is 4.52 Å². The largest absolute Gasteiger partial charge is 0.448 e. The lowest BCUT2D eigenvalue weighted by Crippen LogP contribution is -2.23. The third-order valence-electron chi connectivity index (χ3n) is 2.01. The van der Waals surface area contributed by atoms with Crippen molar-refractivity contribution in [3.8, 4) is 0 Å². The summed E-state index contributed by atoms with van der Waals surface area (Å²) >= 11 is 0. The summed E-state index contributed by atoms with van der Waals surface area (Å²) in [6.07, 6.45) is -0.755. The lowest BCUT2D eigenvalue weighted by atomic mass is 10.2. The summed E-state index contributed by atoms with van der Waals surface area (Å²) in [6.45, 7) is 5.19. The average Bonchev–Trinajstić information content (AvgIpc) is 2.47. The summed E-state index contributed by atoms with van der Waals surface area (Å²) in [5.74, 6) is 0.802. The number of aromatic nitrogens is 1. The van der Waals surface area contributed by atoms with Gasteiger partial charge in [-0.15, -0.1) is 0 Å². The van der Waals surface area contributed by atoms with E-state index in [0.29, 0.717) is 13.1 Å². The molecule has 0 fully saturated rings. The molecule has 6 heteroatoms. The molecule has 84 valence electrons. The van der Waals surface area contributed by atoms with Gasteiger partial charge in [-0.05, 0) is 13.8 Å². The van der Waals surface area contributed by atoms with Crippen LogP contribution in [-0.2, 0) is 11.3 Å². The molecular weight excluding hydrogens is 198 g/mol. The first-order valence-electron chi connectivity index (χ1n) is 4.66. The Morgan fingerprint density at radius 2 is 2.33 bits per heavy atom. The zero-order valence-corrected chi connectivity index (χ0v) is 8.87. The molecule has 1 aromatic rings. The van der Waals surface area contributed by atoms with Gasteiger partial charge in [0.05, 0.1) is 5.69 Å². The normalized spacial score (nSPS) is 10.3. The van der Waals surface area contributed by atoms with Crippen LogP contribution < -0.4 is 11.1 Å². The molecule has 0 spiro atoms. The monoisotopic (exact) mass is 213 g/mol. The molecule has 0 bridgehead atoms. The SMILES string of the molecule is Cc1noc(C)c1CNCCOC(N)=O. The van der Waals surface area contributed by atoms with E-state index in [2.05, 4.69) is 15.2 Å². The molecular formula is C9H15N3O3. The maximum absolute atomic E-state index is 10.2. The second kappa shape index (κ2) is 5.35. The topological polar surface area (TPSA) is 90.4 Å². The highest BCUT2D eigenvalue weighted by Crippen LogP contribution is 2.10. The lowest BCUT2D eigenvalue weighted by Gasteiger charge is -2.04. The molecule has 3 N–H and O–H groups in total. The predicted octanol–water partition coefficient (Wildman–Crippen LogP) is 0.476. The summed E-state index contributed by atoms with van der Waals surface area (Å²) < 4.78 is 9.55. The van der Waals surface area contributed by atoms with E-state index in [9.17, 15) is 4.79 Å². The minimum Gasteiger partial charge on any atom is -0.448 e. The van der Waals surface area contributed by atoms with E-state index in [1.54, 1.807) is 0 Å². The molecule has 0 radical (unpaired) electrons. The molecule has 0 unspecified atom stereocenters. The van der Waals surface area contributed by atoms with Crippen molar-refractivity contribution < 1.29 is 14.1 Å². The number of nitrogens with two attached hydrogens (primary N) is 1. The minimum atomic E-state index is -0.755. The molecule has 0 atom stereocenters. The Bertz CT molecular complexity index is 316. The molecule has 1 amide bonds. The number of primary amides is 1. The van der Waals surface area contributed by atoms with Crippen molar-refractivity contribution in [1.82, 2.24) is 10.5 Å². The Kier molecular flexibility index (Phi) is 4.11. The van der Waals surface area contributed by atoms with Crippen LogP contribution in [0.1, 0.15) is 17.0 Å². The fourth-order valence-corrected chi connectivity index (χ4v) is 1.19. The lowest BCUT2D eigenvalue weighted by molar-refractivity contribution is 0.157. The van der Waals surface area contributed by atoms with Gasteiger partial charge in [-0.1, -0.05) is 5.16 Å². The molecule has 0 saturated heterocycles. The molecule has 0 aliphatic heterocycles. The van der Waals surface area contributed by atoms with Gasteiger partial charge in [0.15, 0.2) is 0 Å². The van der Waals surface area contributed by atoms with Crippen molar-refractivity contribution in [2.24, 2.45) is 5.73 Å².